The second-order valence-corrected chi connectivity index (χ2v) is 8.35. The van der Waals surface area contributed by atoms with Gasteiger partial charge in [-0.1, -0.05) is 0 Å². The lowest BCUT2D eigenvalue weighted by Gasteiger charge is -2.38. The van der Waals surface area contributed by atoms with Crippen molar-refractivity contribution in [3.63, 3.8) is 0 Å². The van der Waals surface area contributed by atoms with E-state index >= 15 is 0 Å². The van der Waals surface area contributed by atoms with Gasteiger partial charge in [0, 0.05) is 44.6 Å². The Morgan fingerprint density at radius 3 is 2.46 bits per heavy atom. The van der Waals surface area contributed by atoms with Gasteiger partial charge in [0.15, 0.2) is 0 Å². The summed E-state index contributed by atoms with van der Waals surface area (Å²) in [6.45, 7) is 3.10. The smallest absolute Gasteiger partial charge is 0.225 e. The Bertz CT molecular complexity index is 591. The van der Waals surface area contributed by atoms with E-state index < -0.39 is 0 Å². The zero-order chi connectivity index (χ0) is 18.5. The summed E-state index contributed by atoms with van der Waals surface area (Å²) in [4.78, 5) is 30.9. The third-order valence-corrected chi connectivity index (χ3v) is 6.61. The van der Waals surface area contributed by atoms with Crippen LogP contribution in [-0.2, 0) is 14.3 Å². The molecule has 1 aliphatic heterocycles. The summed E-state index contributed by atoms with van der Waals surface area (Å²) in [5.74, 6) is 0.767. The van der Waals surface area contributed by atoms with E-state index in [9.17, 15) is 9.59 Å². The van der Waals surface area contributed by atoms with Crippen LogP contribution in [0.5, 0.6) is 0 Å². The highest BCUT2D eigenvalue weighted by molar-refractivity contribution is 7.09. The Balaban J connectivity index is 1.54. The summed E-state index contributed by atoms with van der Waals surface area (Å²) >= 11 is 1.58. The van der Waals surface area contributed by atoms with E-state index in [1.165, 1.54) is 0 Å². The molecule has 1 saturated heterocycles. The van der Waals surface area contributed by atoms with E-state index in [1.54, 1.807) is 31.6 Å². The lowest BCUT2D eigenvalue weighted by atomic mass is 9.84. The number of carbonyl (C=O) groups excluding carboxylic acids is 2. The maximum absolute atomic E-state index is 12.8. The molecule has 0 radical (unpaired) electrons. The van der Waals surface area contributed by atoms with Crippen LogP contribution in [0.2, 0.25) is 0 Å². The summed E-state index contributed by atoms with van der Waals surface area (Å²) in [5, 5.41) is 5.97. The lowest BCUT2D eigenvalue weighted by molar-refractivity contribution is -0.139. The first-order valence-electron chi connectivity index (χ1n) is 9.56. The molecule has 26 heavy (non-hydrogen) atoms. The first-order chi connectivity index (χ1) is 12.6. The van der Waals surface area contributed by atoms with Crippen LogP contribution >= 0.6 is 11.3 Å². The molecular formula is C19H29N3O3S. The van der Waals surface area contributed by atoms with Gasteiger partial charge in [0.25, 0.3) is 0 Å². The van der Waals surface area contributed by atoms with Crippen molar-refractivity contribution in [2.24, 2.45) is 11.8 Å². The molecule has 0 spiro atoms. The largest absolute Gasteiger partial charge is 0.381 e. The number of nitrogens with zero attached hydrogens (tertiary/aromatic N) is 2. The number of aromatic nitrogens is 1. The Kier molecular flexibility index (Phi) is 6.64. The third kappa shape index (κ3) is 4.62. The normalized spacial score (nSPS) is 25.7. The Morgan fingerprint density at radius 1 is 1.23 bits per heavy atom. The first-order valence-corrected chi connectivity index (χ1v) is 10.4. The van der Waals surface area contributed by atoms with Crippen LogP contribution in [0.15, 0.2) is 11.6 Å². The van der Waals surface area contributed by atoms with Crippen LogP contribution in [0.3, 0.4) is 0 Å². The average molecular weight is 380 g/mol. The van der Waals surface area contributed by atoms with Crippen molar-refractivity contribution in [3.05, 3.63) is 16.6 Å². The number of thiazole rings is 1. The van der Waals surface area contributed by atoms with Gasteiger partial charge in [0.1, 0.15) is 5.01 Å². The zero-order valence-corrected chi connectivity index (χ0v) is 16.5. The van der Waals surface area contributed by atoms with Crippen molar-refractivity contribution < 1.29 is 14.3 Å². The predicted molar refractivity (Wildman–Crippen MR) is 101 cm³/mol. The van der Waals surface area contributed by atoms with E-state index in [4.69, 9.17) is 4.74 Å². The number of hydrogen-bond acceptors (Lipinski definition) is 5. The molecule has 2 heterocycles. The van der Waals surface area contributed by atoms with Crippen LogP contribution in [0, 0.1) is 11.8 Å². The van der Waals surface area contributed by atoms with E-state index in [1.807, 2.05) is 10.3 Å². The molecule has 1 aromatic rings. The van der Waals surface area contributed by atoms with Crippen LogP contribution < -0.4 is 5.32 Å². The second kappa shape index (κ2) is 8.95. The number of piperidine rings is 1. The molecule has 1 atom stereocenters. The predicted octanol–water partition coefficient (Wildman–Crippen LogP) is 2.76. The minimum absolute atomic E-state index is 0.0291. The van der Waals surface area contributed by atoms with Gasteiger partial charge in [0.05, 0.1) is 12.1 Å². The first kappa shape index (κ1) is 19.3. The molecule has 0 aromatic carbocycles. The van der Waals surface area contributed by atoms with Crippen molar-refractivity contribution in [3.8, 4) is 0 Å². The van der Waals surface area contributed by atoms with E-state index in [0.29, 0.717) is 17.9 Å². The van der Waals surface area contributed by atoms with Gasteiger partial charge in [0.2, 0.25) is 11.8 Å². The average Bonchev–Trinajstić information content (AvgIpc) is 3.20. The monoisotopic (exact) mass is 379 g/mol. The lowest BCUT2D eigenvalue weighted by Crippen LogP contribution is -2.45. The fraction of sp³-hybridized carbons (Fsp3) is 0.737. The minimum atomic E-state index is -0.0399. The quantitative estimate of drug-likeness (QED) is 0.854. The van der Waals surface area contributed by atoms with Crippen LogP contribution in [0.1, 0.15) is 56.5 Å². The number of nitrogens with one attached hydrogen (secondary N) is 1. The second-order valence-electron chi connectivity index (χ2n) is 7.42. The molecule has 3 rings (SSSR count). The molecule has 1 aromatic heterocycles. The number of ether oxygens (including phenoxy) is 1. The highest BCUT2D eigenvalue weighted by Gasteiger charge is 2.34. The summed E-state index contributed by atoms with van der Waals surface area (Å²) in [6.07, 6.45) is 7.75. The van der Waals surface area contributed by atoms with Crippen molar-refractivity contribution >= 4 is 23.2 Å². The van der Waals surface area contributed by atoms with E-state index in [0.717, 1.165) is 56.6 Å². The Morgan fingerprint density at radius 2 is 1.92 bits per heavy atom. The molecule has 1 N–H and O–H groups in total. The van der Waals surface area contributed by atoms with Crippen molar-refractivity contribution in [1.82, 2.24) is 15.2 Å². The number of rotatable bonds is 5. The summed E-state index contributed by atoms with van der Waals surface area (Å²) in [5.41, 5.74) is 0. The van der Waals surface area contributed by atoms with Crippen LogP contribution in [0.4, 0.5) is 0 Å². The molecule has 1 aliphatic carbocycles. The number of carbonyl (C=O) groups is 2. The molecule has 2 fully saturated rings. The van der Waals surface area contributed by atoms with Crippen molar-refractivity contribution in [2.75, 3.05) is 20.2 Å². The molecule has 7 heteroatoms. The number of amides is 2. The van der Waals surface area contributed by atoms with Gasteiger partial charge >= 0.3 is 0 Å². The summed E-state index contributed by atoms with van der Waals surface area (Å²) < 4.78 is 5.41. The highest BCUT2D eigenvalue weighted by atomic mass is 32.1. The van der Waals surface area contributed by atoms with Gasteiger partial charge < -0.3 is 15.0 Å². The Labute approximate surface area is 159 Å². The summed E-state index contributed by atoms with van der Waals surface area (Å²) in [7, 11) is 1.76. The minimum Gasteiger partial charge on any atom is -0.381 e. The molecule has 2 aliphatic rings. The zero-order valence-electron chi connectivity index (χ0n) is 15.6. The highest BCUT2D eigenvalue weighted by Crippen LogP contribution is 2.34. The molecule has 1 saturated carbocycles. The van der Waals surface area contributed by atoms with Crippen molar-refractivity contribution in [1.29, 1.82) is 0 Å². The standard InChI is InChI=1S/C19H29N3O3S/c1-13(23)21-17(18-20-9-12-26-18)14-7-10-22(11-8-14)19(24)15-3-5-16(25-2)6-4-15/h9,12,14-17H,3-8,10-11H2,1-2H3,(H,21,23). The fourth-order valence-corrected chi connectivity index (χ4v) is 5.03. The fourth-order valence-electron chi connectivity index (χ4n) is 4.25. The van der Waals surface area contributed by atoms with Gasteiger partial charge in [-0.15, -0.1) is 11.3 Å². The van der Waals surface area contributed by atoms with Crippen molar-refractivity contribution in [2.45, 2.75) is 57.6 Å². The SMILES string of the molecule is COC1CCC(C(=O)N2CCC(C(NC(C)=O)c3nccs3)CC2)CC1. The maximum atomic E-state index is 12.8. The molecule has 6 nitrogen and oxygen atoms in total. The molecule has 144 valence electrons. The van der Waals surface area contributed by atoms with Gasteiger partial charge in [-0.2, -0.15) is 0 Å². The van der Waals surface area contributed by atoms with Gasteiger partial charge in [-0.05, 0) is 44.4 Å². The molecule has 0 bridgehead atoms. The number of likely N-dealkylation sites (tertiary alicyclic amines) is 1. The van der Waals surface area contributed by atoms with Gasteiger partial charge in [-0.25, -0.2) is 4.98 Å². The molecule has 1 unspecified atom stereocenters. The topological polar surface area (TPSA) is 71.5 Å². The van der Waals surface area contributed by atoms with E-state index in [-0.39, 0.29) is 17.9 Å². The third-order valence-electron chi connectivity index (χ3n) is 5.76. The van der Waals surface area contributed by atoms with Crippen LogP contribution in [0.25, 0.3) is 0 Å². The van der Waals surface area contributed by atoms with Crippen LogP contribution in [-0.4, -0.2) is 48.0 Å². The van der Waals surface area contributed by atoms with E-state index in [2.05, 4.69) is 10.3 Å². The summed E-state index contributed by atoms with van der Waals surface area (Å²) in [6, 6.07) is -0.0399. The Hall–Kier alpha value is -1.47. The molecular weight excluding hydrogens is 350 g/mol. The molecule has 2 amide bonds. The maximum Gasteiger partial charge on any atom is 0.225 e. The number of methoxy groups -OCH3 is 1. The number of hydrogen-bond donors (Lipinski definition) is 1. The van der Waals surface area contributed by atoms with Gasteiger partial charge in [-0.3, -0.25) is 9.59 Å².